The van der Waals surface area contributed by atoms with Gasteiger partial charge in [0.2, 0.25) is 0 Å². The molecule has 0 aliphatic carbocycles. The number of allylic oxidation sites excluding steroid dienone is 26. The summed E-state index contributed by atoms with van der Waals surface area (Å²) in [4.78, 5) is 25.5. The highest BCUT2D eigenvalue weighted by Crippen LogP contribution is 2.13. The van der Waals surface area contributed by atoms with E-state index in [2.05, 4.69) is 173 Å². The number of hydrogen-bond donors (Lipinski definition) is 0. The quantitative estimate of drug-likeness (QED) is 0.0345. The number of rotatable bonds is 51. The fraction of sp³-hybridized carbons (Fsp3) is 0.582. The molecule has 0 aliphatic heterocycles. The Morgan fingerprint density at radius 1 is 0.306 bits per heavy atom. The summed E-state index contributed by atoms with van der Waals surface area (Å²) in [5.41, 5.74) is 0. The Bertz CT molecular complexity index is 1590. The smallest absolute Gasteiger partial charge is 0.306 e. The third kappa shape index (κ3) is 58.1. The Morgan fingerprint density at radius 2 is 0.611 bits per heavy atom. The minimum atomic E-state index is -0.593. The van der Waals surface area contributed by atoms with Gasteiger partial charge in [0.15, 0.2) is 6.10 Å². The minimum absolute atomic E-state index is 0.0252. The molecule has 5 nitrogen and oxygen atoms in total. The summed E-state index contributed by atoms with van der Waals surface area (Å²) < 4.78 is 17.4. The SMILES string of the molecule is CC/C=C\C/C=C\C/C=C\C/C=C\C/C=C\C/C=C\CCC(=O)OCC(COCCCCCCCCCC/C=C\C/C=C\C/C=C\CC)OC(=O)CCCCCCCC/C=C\C/C=C\C/C=C\C/C=C\CC. The van der Waals surface area contributed by atoms with Gasteiger partial charge < -0.3 is 14.2 Å². The summed E-state index contributed by atoms with van der Waals surface area (Å²) in [6.07, 6.45) is 89.9. The van der Waals surface area contributed by atoms with Crippen molar-refractivity contribution in [2.45, 2.75) is 232 Å². The second-order valence-corrected chi connectivity index (χ2v) is 18.4. The second kappa shape index (κ2) is 60.8. The first kappa shape index (κ1) is 67.5. The lowest BCUT2D eigenvalue weighted by molar-refractivity contribution is -0.162. The van der Waals surface area contributed by atoms with E-state index >= 15 is 0 Å². The van der Waals surface area contributed by atoms with Crippen molar-refractivity contribution in [2.75, 3.05) is 19.8 Å². The summed E-state index contributed by atoms with van der Waals surface area (Å²) in [6, 6.07) is 0. The highest BCUT2D eigenvalue weighted by atomic mass is 16.6. The van der Waals surface area contributed by atoms with Gasteiger partial charge in [-0.05, 0) is 128 Å². The van der Waals surface area contributed by atoms with Gasteiger partial charge in [-0.25, -0.2) is 0 Å². The van der Waals surface area contributed by atoms with E-state index in [0.717, 1.165) is 122 Å². The molecule has 0 amide bonds. The van der Waals surface area contributed by atoms with Gasteiger partial charge in [0, 0.05) is 19.4 Å². The Hall–Kier alpha value is -4.48. The van der Waals surface area contributed by atoms with Crippen molar-refractivity contribution < 1.29 is 23.8 Å². The van der Waals surface area contributed by atoms with Crippen LogP contribution in [-0.4, -0.2) is 37.9 Å². The van der Waals surface area contributed by atoms with E-state index in [4.69, 9.17) is 14.2 Å². The van der Waals surface area contributed by atoms with Crippen molar-refractivity contribution in [3.8, 4) is 0 Å². The summed E-state index contributed by atoms with van der Waals surface area (Å²) in [5, 5.41) is 0. The molecule has 0 rings (SSSR count). The molecule has 0 fully saturated rings. The Morgan fingerprint density at radius 3 is 0.986 bits per heavy atom. The summed E-state index contributed by atoms with van der Waals surface area (Å²) in [6.45, 7) is 7.37. The first-order valence-corrected chi connectivity index (χ1v) is 29.0. The lowest BCUT2D eigenvalue weighted by Gasteiger charge is -2.18. The zero-order valence-corrected chi connectivity index (χ0v) is 46.4. The van der Waals surface area contributed by atoms with E-state index in [1.165, 1.54) is 64.2 Å². The van der Waals surface area contributed by atoms with Crippen LogP contribution in [0, 0.1) is 0 Å². The fourth-order valence-electron chi connectivity index (χ4n) is 7.36. The van der Waals surface area contributed by atoms with Crippen LogP contribution in [0.15, 0.2) is 158 Å². The third-order valence-electron chi connectivity index (χ3n) is 11.6. The first-order chi connectivity index (χ1) is 35.6. The van der Waals surface area contributed by atoms with E-state index in [-0.39, 0.29) is 25.2 Å². The summed E-state index contributed by atoms with van der Waals surface area (Å²) in [5.74, 6) is -0.524. The molecule has 404 valence electrons. The number of hydrogen-bond acceptors (Lipinski definition) is 5. The Kier molecular flexibility index (Phi) is 57.0. The Balaban J connectivity index is 4.47. The zero-order valence-electron chi connectivity index (χ0n) is 46.4. The molecule has 0 aromatic carbocycles. The van der Waals surface area contributed by atoms with Crippen molar-refractivity contribution in [3.63, 3.8) is 0 Å². The van der Waals surface area contributed by atoms with Crippen LogP contribution < -0.4 is 0 Å². The number of esters is 2. The van der Waals surface area contributed by atoms with Crippen LogP contribution in [0.5, 0.6) is 0 Å². The zero-order chi connectivity index (χ0) is 52.0. The molecule has 0 saturated carbocycles. The molecule has 1 atom stereocenters. The molecule has 0 aromatic rings. The van der Waals surface area contributed by atoms with Gasteiger partial charge in [-0.2, -0.15) is 0 Å². The van der Waals surface area contributed by atoms with Crippen LogP contribution in [-0.2, 0) is 23.8 Å². The monoisotopic (exact) mass is 991 g/mol. The number of ether oxygens (including phenoxy) is 3. The van der Waals surface area contributed by atoms with Gasteiger partial charge in [0.1, 0.15) is 6.61 Å². The number of carbonyl (C=O) groups is 2. The highest BCUT2D eigenvalue weighted by Gasteiger charge is 2.17. The van der Waals surface area contributed by atoms with Gasteiger partial charge in [0.05, 0.1) is 6.61 Å². The summed E-state index contributed by atoms with van der Waals surface area (Å²) in [7, 11) is 0. The molecule has 0 N–H and O–H groups in total. The molecule has 0 radical (unpaired) electrons. The minimum Gasteiger partial charge on any atom is -0.462 e. The van der Waals surface area contributed by atoms with Gasteiger partial charge in [-0.1, -0.05) is 243 Å². The summed E-state index contributed by atoms with van der Waals surface area (Å²) >= 11 is 0. The molecule has 72 heavy (non-hydrogen) atoms. The van der Waals surface area contributed by atoms with Crippen LogP contribution in [0.1, 0.15) is 226 Å². The maximum atomic E-state index is 12.9. The van der Waals surface area contributed by atoms with Crippen LogP contribution in [0.4, 0.5) is 0 Å². The number of unbranched alkanes of at least 4 members (excludes halogenated alkanes) is 14. The Labute approximate surface area is 444 Å². The number of carbonyl (C=O) groups excluding carboxylic acids is 2. The second-order valence-electron chi connectivity index (χ2n) is 18.4. The molecule has 0 aromatic heterocycles. The van der Waals surface area contributed by atoms with Crippen molar-refractivity contribution in [1.29, 1.82) is 0 Å². The standard InChI is InChI=1S/C67H106O5/c1-4-7-10-13-16-19-22-25-28-31-34-36-39-42-45-48-51-54-57-60-66(68)71-64-65(63-70-62-59-56-53-50-47-44-41-38-33-30-27-24-21-18-15-12-9-6-3)72-67(69)61-58-55-52-49-46-43-40-37-35-32-29-26-23-20-17-14-11-8-5-2/h7-12,16-21,25-30,34-37,42,45,51,54,65H,4-6,13-15,22-24,31-33,38-41,43-44,46-50,52-53,55-64H2,1-3H3/b10-7-,11-8-,12-9-,19-16-,20-17-,21-18-,28-25-,29-26-,30-27-,36-34-,37-35-,45-42-,54-51-. The van der Waals surface area contributed by atoms with Gasteiger partial charge >= 0.3 is 11.9 Å². The topological polar surface area (TPSA) is 61.8 Å². The van der Waals surface area contributed by atoms with Crippen LogP contribution >= 0.6 is 0 Å². The molecular formula is C67H106O5. The predicted octanol–water partition coefficient (Wildman–Crippen LogP) is 20.2. The van der Waals surface area contributed by atoms with Crippen molar-refractivity contribution in [1.82, 2.24) is 0 Å². The molecule has 1 unspecified atom stereocenters. The largest absolute Gasteiger partial charge is 0.462 e. The van der Waals surface area contributed by atoms with E-state index < -0.39 is 6.10 Å². The molecule has 0 bridgehead atoms. The highest BCUT2D eigenvalue weighted by molar-refractivity contribution is 5.70. The van der Waals surface area contributed by atoms with Crippen molar-refractivity contribution in [3.05, 3.63) is 158 Å². The van der Waals surface area contributed by atoms with E-state index in [1.54, 1.807) is 0 Å². The maximum absolute atomic E-state index is 12.9. The van der Waals surface area contributed by atoms with Crippen LogP contribution in [0.3, 0.4) is 0 Å². The van der Waals surface area contributed by atoms with E-state index in [9.17, 15) is 9.59 Å². The maximum Gasteiger partial charge on any atom is 0.306 e. The van der Waals surface area contributed by atoms with Gasteiger partial charge in [-0.3, -0.25) is 9.59 Å². The molecule has 0 heterocycles. The third-order valence-corrected chi connectivity index (χ3v) is 11.6. The average Bonchev–Trinajstić information content (AvgIpc) is 3.38. The van der Waals surface area contributed by atoms with Crippen molar-refractivity contribution >= 4 is 11.9 Å². The first-order valence-electron chi connectivity index (χ1n) is 29.0. The van der Waals surface area contributed by atoms with Gasteiger partial charge in [0.25, 0.3) is 0 Å². The normalized spacial score (nSPS) is 13.4. The predicted molar refractivity (Wildman–Crippen MR) is 315 cm³/mol. The molecule has 0 aliphatic rings. The van der Waals surface area contributed by atoms with Crippen LogP contribution in [0.25, 0.3) is 0 Å². The lowest BCUT2D eigenvalue weighted by Crippen LogP contribution is -2.30. The van der Waals surface area contributed by atoms with Gasteiger partial charge in [-0.15, -0.1) is 0 Å². The fourth-order valence-corrected chi connectivity index (χ4v) is 7.36. The molecule has 0 saturated heterocycles. The van der Waals surface area contributed by atoms with Crippen molar-refractivity contribution in [2.24, 2.45) is 0 Å². The molecular weight excluding hydrogens is 885 g/mol. The lowest BCUT2D eigenvalue weighted by atomic mass is 10.1. The average molecular weight is 992 g/mol. The van der Waals surface area contributed by atoms with E-state index in [1.807, 2.05) is 6.08 Å². The molecule has 5 heteroatoms. The van der Waals surface area contributed by atoms with Crippen LogP contribution in [0.2, 0.25) is 0 Å². The van der Waals surface area contributed by atoms with E-state index in [0.29, 0.717) is 25.9 Å². The molecule has 0 spiro atoms.